The van der Waals surface area contributed by atoms with E-state index >= 15 is 0 Å². The Bertz CT molecular complexity index is 1130. The van der Waals surface area contributed by atoms with E-state index in [1.54, 1.807) is 19.1 Å². The number of benzene rings is 2. The number of carbonyl (C=O) groups is 2. The molecule has 2 aromatic rings. The SMILES string of the molecule is CC[C@H](C)NC(=O)[C@H](C)N(Cc1ccc(Br)cc1)C(=O)CN(c1ccc(F)c(Cl)c1)S(C)(=O)=O. The standard InChI is InChI=1S/C23H28BrClFN3O4S/c1-5-15(2)27-23(31)16(3)28(13-17-6-8-18(24)9-7-17)22(30)14-29(34(4,32)33)19-10-11-21(26)20(25)12-19/h6-12,15-16H,5,13-14H2,1-4H3,(H,27,31)/t15-,16-/m0/s1. The van der Waals surface area contributed by atoms with Crippen LogP contribution in [0.3, 0.4) is 0 Å². The van der Waals surface area contributed by atoms with Crippen molar-refractivity contribution in [3.63, 3.8) is 0 Å². The van der Waals surface area contributed by atoms with E-state index < -0.39 is 34.3 Å². The number of hydrogen-bond donors (Lipinski definition) is 1. The van der Waals surface area contributed by atoms with Crippen molar-refractivity contribution in [2.45, 2.75) is 45.8 Å². The normalized spacial score (nSPS) is 13.1. The Morgan fingerprint density at radius 2 is 1.76 bits per heavy atom. The van der Waals surface area contributed by atoms with Gasteiger partial charge in [0.25, 0.3) is 0 Å². The maximum atomic E-state index is 13.6. The third-order valence-corrected chi connectivity index (χ3v) is 7.26. The van der Waals surface area contributed by atoms with E-state index in [2.05, 4.69) is 21.2 Å². The largest absolute Gasteiger partial charge is 0.352 e. The minimum absolute atomic E-state index is 0.0440. The van der Waals surface area contributed by atoms with Gasteiger partial charge in [-0.05, 0) is 56.2 Å². The number of sulfonamides is 1. The van der Waals surface area contributed by atoms with E-state index in [9.17, 15) is 22.4 Å². The van der Waals surface area contributed by atoms with Crippen LogP contribution in [0.1, 0.15) is 32.8 Å². The average Bonchev–Trinajstić information content (AvgIpc) is 2.77. The maximum Gasteiger partial charge on any atom is 0.244 e. The molecule has 0 spiro atoms. The lowest BCUT2D eigenvalue weighted by Gasteiger charge is -2.32. The van der Waals surface area contributed by atoms with Gasteiger partial charge in [-0.1, -0.05) is 46.6 Å². The molecule has 0 fully saturated rings. The van der Waals surface area contributed by atoms with Crippen LogP contribution in [-0.2, 0) is 26.2 Å². The molecule has 1 N–H and O–H groups in total. The molecule has 34 heavy (non-hydrogen) atoms. The van der Waals surface area contributed by atoms with Gasteiger partial charge in [-0.3, -0.25) is 13.9 Å². The van der Waals surface area contributed by atoms with Crippen LogP contribution in [0.4, 0.5) is 10.1 Å². The highest BCUT2D eigenvalue weighted by Gasteiger charge is 2.30. The number of nitrogens with one attached hydrogen (secondary N) is 1. The van der Waals surface area contributed by atoms with Gasteiger partial charge in [0.1, 0.15) is 18.4 Å². The van der Waals surface area contributed by atoms with Crippen LogP contribution < -0.4 is 9.62 Å². The fourth-order valence-corrected chi connectivity index (χ4v) is 4.37. The van der Waals surface area contributed by atoms with Crippen LogP contribution in [0.25, 0.3) is 0 Å². The zero-order valence-corrected chi connectivity index (χ0v) is 22.5. The molecule has 0 aliphatic carbocycles. The Balaban J connectivity index is 2.39. The van der Waals surface area contributed by atoms with Crippen molar-refractivity contribution in [1.82, 2.24) is 10.2 Å². The molecule has 0 aliphatic heterocycles. The number of hydrogen-bond acceptors (Lipinski definition) is 4. The molecular formula is C23H28BrClFN3O4S. The molecule has 0 bridgehead atoms. The average molecular weight is 577 g/mol. The topological polar surface area (TPSA) is 86.8 Å². The Labute approximate surface area is 213 Å². The molecule has 2 rings (SSSR count). The summed E-state index contributed by atoms with van der Waals surface area (Å²) in [5, 5.41) is 2.59. The number of amides is 2. The molecular weight excluding hydrogens is 549 g/mol. The lowest BCUT2D eigenvalue weighted by Crippen LogP contribution is -2.52. The van der Waals surface area contributed by atoms with Crippen LogP contribution in [-0.4, -0.2) is 50.0 Å². The summed E-state index contributed by atoms with van der Waals surface area (Å²) in [4.78, 5) is 27.6. The second kappa shape index (κ2) is 12.0. The molecule has 0 radical (unpaired) electrons. The molecule has 2 atom stereocenters. The molecule has 0 heterocycles. The Morgan fingerprint density at radius 1 is 1.15 bits per heavy atom. The van der Waals surface area contributed by atoms with Crippen LogP contribution in [0.5, 0.6) is 0 Å². The van der Waals surface area contributed by atoms with Crippen molar-refractivity contribution in [1.29, 1.82) is 0 Å². The lowest BCUT2D eigenvalue weighted by molar-refractivity contribution is -0.139. The second-order valence-corrected chi connectivity index (χ2v) is 11.2. The summed E-state index contributed by atoms with van der Waals surface area (Å²) in [6.07, 6.45) is 1.65. The summed E-state index contributed by atoms with van der Waals surface area (Å²) in [6.45, 7) is 4.88. The van der Waals surface area contributed by atoms with Gasteiger partial charge in [-0.15, -0.1) is 0 Å². The van der Waals surface area contributed by atoms with Crippen molar-refractivity contribution >= 4 is 55.1 Å². The van der Waals surface area contributed by atoms with Crippen molar-refractivity contribution in [3.05, 3.63) is 63.3 Å². The summed E-state index contributed by atoms with van der Waals surface area (Å²) in [5.74, 6) is -1.66. The molecule has 11 heteroatoms. The lowest BCUT2D eigenvalue weighted by atomic mass is 10.1. The first kappa shape index (κ1) is 28.1. The highest BCUT2D eigenvalue weighted by atomic mass is 79.9. The van der Waals surface area contributed by atoms with Gasteiger partial charge in [0.2, 0.25) is 21.8 Å². The van der Waals surface area contributed by atoms with Gasteiger partial charge in [0.15, 0.2) is 0 Å². The van der Waals surface area contributed by atoms with Crippen LogP contribution in [0.15, 0.2) is 46.9 Å². The maximum absolute atomic E-state index is 13.6. The molecule has 0 saturated carbocycles. The highest BCUT2D eigenvalue weighted by molar-refractivity contribution is 9.10. The summed E-state index contributed by atoms with van der Waals surface area (Å²) in [6, 6.07) is 9.67. The molecule has 2 amide bonds. The molecule has 0 unspecified atom stereocenters. The van der Waals surface area contributed by atoms with Gasteiger partial charge in [-0.25, -0.2) is 12.8 Å². The molecule has 0 aliphatic rings. The van der Waals surface area contributed by atoms with E-state index in [1.807, 2.05) is 26.0 Å². The number of halogens is 3. The molecule has 7 nitrogen and oxygen atoms in total. The van der Waals surface area contributed by atoms with Crippen molar-refractivity contribution in [3.8, 4) is 0 Å². The molecule has 186 valence electrons. The Kier molecular flexibility index (Phi) is 9.90. The van der Waals surface area contributed by atoms with E-state index in [4.69, 9.17) is 11.6 Å². The first-order chi connectivity index (χ1) is 15.8. The smallest absolute Gasteiger partial charge is 0.244 e. The summed E-state index contributed by atoms with van der Waals surface area (Å²) >= 11 is 9.20. The number of carbonyl (C=O) groups excluding carboxylic acids is 2. The fourth-order valence-electron chi connectivity index (χ4n) is 3.09. The highest BCUT2D eigenvalue weighted by Crippen LogP contribution is 2.25. The van der Waals surface area contributed by atoms with Gasteiger partial charge >= 0.3 is 0 Å². The van der Waals surface area contributed by atoms with E-state index in [-0.39, 0.29) is 29.2 Å². The fraction of sp³-hybridized carbons (Fsp3) is 0.391. The first-order valence-electron chi connectivity index (χ1n) is 10.6. The molecule has 0 saturated heterocycles. The third-order valence-electron chi connectivity index (χ3n) is 5.30. The van der Waals surface area contributed by atoms with E-state index in [0.717, 1.165) is 32.7 Å². The predicted molar refractivity (Wildman–Crippen MR) is 136 cm³/mol. The third kappa shape index (κ3) is 7.68. The zero-order valence-electron chi connectivity index (χ0n) is 19.4. The monoisotopic (exact) mass is 575 g/mol. The van der Waals surface area contributed by atoms with Crippen molar-refractivity contribution < 1.29 is 22.4 Å². The summed E-state index contributed by atoms with van der Waals surface area (Å²) < 4.78 is 40.3. The molecule has 2 aromatic carbocycles. The van der Waals surface area contributed by atoms with E-state index in [1.165, 1.54) is 11.0 Å². The van der Waals surface area contributed by atoms with Gasteiger partial charge in [-0.2, -0.15) is 0 Å². The molecule has 0 aromatic heterocycles. The van der Waals surface area contributed by atoms with E-state index in [0.29, 0.717) is 6.42 Å². The predicted octanol–water partition coefficient (Wildman–Crippen LogP) is 4.34. The van der Waals surface area contributed by atoms with Crippen LogP contribution in [0.2, 0.25) is 5.02 Å². The quantitative estimate of drug-likeness (QED) is 0.456. The number of rotatable bonds is 10. The van der Waals surface area contributed by atoms with Crippen molar-refractivity contribution in [2.24, 2.45) is 0 Å². The summed E-state index contributed by atoms with van der Waals surface area (Å²) in [5.41, 5.74) is 0.804. The first-order valence-corrected chi connectivity index (χ1v) is 13.6. The Hall–Kier alpha value is -2.17. The minimum atomic E-state index is -3.93. The number of anilines is 1. The van der Waals surface area contributed by atoms with Crippen molar-refractivity contribution in [2.75, 3.05) is 17.1 Å². The van der Waals surface area contributed by atoms with Crippen LogP contribution in [0, 0.1) is 5.82 Å². The number of nitrogens with zero attached hydrogens (tertiary/aromatic N) is 2. The Morgan fingerprint density at radius 3 is 2.29 bits per heavy atom. The summed E-state index contributed by atoms with van der Waals surface area (Å²) in [7, 11) is -3.93. The minimum Gasteiger partial charge on any atom is -0.352 e. The van der Waals surface area contributed by atoms with Crippen LogP contribution >= 0.6 is 27.5 Å². The second-order valence-electron chi connectivity index (χ2n) is 8.01. The van der Waals surface area contributed by atoms with Gasteiger partial charge < -0.3 is 10.2 Å². The van der Waals surface area contributed by atoms with Gasteiger partial charge in [0.05, 0.1) is 17.0 Å². The zero-order chi connectivity index (χ0) is 25.6. The van der Waals surface area contributed by atoms with Gasteiger partial charge in [0, 0.05) is 17.1 Å².